The molecule has 1 saturated heterocycles. The minimum atomic E-state index is -3.58. The summed E-state index contributed by atoms with van der Waals surface area (Å²) in [5.41, 5.74) is 1.52. The van der Waals surface area contributed by atoms with E-state index in [0.717, 1.165) is 5.56 Å². The number of anilines is 2. The van der Waals surface area contributed by atoms with E-state index in [2.05, 4.69) is 11.1 Å². The fraction of sp³-hybridized carbons (Fsp3) is 0.400. The van der Waals surface area contributed by atoms with Gasteiger partial charge in [-0.2, -0.15) is 5.26 Å². The van der Waals surface area contributed by atoms with E-state index in [4.69, 9.17) is 16.3 Å². The smallest absolute Gasteiger partial charge is 0.235 e. The van der Waals surface area contributed by atoms with Crippen LogP contribution in [-0.4, -0.2) is 45.5 Å². The molecule has 1 fully saturated rings. The molecule has 0 atom stereocenters. The number of aromatic nitrogens is 1. The summed E-state index contributed by atoms with van der Waals surface area (Å²) >= 11 is 5.94. The number of rotatable bonds is 7. The van der Waals surface area contributed by atoms with Crippen LogP contribution in [0.3, 0.4) is 0 Å². The normalized spacial score (nSPS) is 14.4. The minimum Gasteiger partial charge on any atom is -0.378 e. The van der Waals surface area contributed by atoms with Crippen LogP contribution in [0, 0.1) is 11.3 Å². The first-order valence-corrected chi connectivity index (χ1v) is 11.4. The maximum absolute atomic E-state index is 13.0. The van der Waals surface area contributed by atoms with Gasteiger partial charge in [0, 0.05) is 18.1 Å². The van der Waals surface area contributed by atoms with Gasteiger partial charge in [0.15, 0.2) is 0 Å². The topological polar surface area (TPSA) is 86.5 Å². The monoisotopic (exact) mass is 434 g/mol. The number of ether oxygens (including phenoxy) is 1. The number of nitriles is 1. The molecule has 0 bridgehead atoms. The Labute approximate surface area is 176 Å². The Hall–Kier alpha value is -2.34. The maximum Gasteiger partial charge on any atom is 0.235 e. The average Bonchev–Trinajstić information content (AvgIpc) is 2.73. The molecule has 3 rings (SSSR count). The number of benzene rings is 1. The molecule has 0 spiro atoms. The third kappa shape index (κ3) is 5.18. The summed E-state index contributed by atoms with van der Waals surface area (Å²) in [4.78, 5) is 6.43. The average molecular weight is 435 g/mol. The lowest BCUT2D eigenvalue weighted by Crippen LogP contribution is -2.37. The van der Waals surface area contributed by atoms with Crippen molar-refractivity contribution in [3.63, 3.8) is 0 Å². The van der Waals surface area contributed by atoms with E-state index in [1.54, 1.807) is 30.3 Å². The summed E-state index contributed by atoms with van der Waals surface area (Å²) in [6, 6.07) is 10.8. The molecular formula is C20H23ClN4O3S. The van der Waals surface area contributed by atoms with Crippen molar-refractivity contribution in [3.8, 4) is 6.07 Å². The summed E-state index contributed by atoms with van der Waals surface area (Å²) in [5.74, 6) is 0.562. The molecule has 2 aromatic rings. The van der Waals surface area contributed by atoms with Gasteiger partial charge in [-0.25, -0.2) is 13.4 Å². The van der Waals surface area contributed by atoms with Gasteiger partial charge < -0.3 is 9.64 Å². The van der Waals surface area contributed by atoms with Gasteiger partial charge in [-0.3, -0.25) is 4.31 Å². The Balaban J connectivity index is 1.98. The van der Waals surface area contributed by atoms with Gasteiger partial charge in [0.1, 0.15) is 11.9 Å². The van der Waals surface area contributed by atoms with Crippen LogP contribution < -0.4 is 9.21 Å². The van der Waals surface area contributed by atoms with Crippen LogP contribution in [0.15, 0.2) is 36.5 Å². The van der Waals surface area contributed by atoms with Crippen LogP contribution in [0.4, 0.5) is 11.5 Å². The molecule has 0 saturated carbocycles. The fourth-order valence-electron chi connectivity index (χ4n) is 3.17. The first-order chi connectivity index (χ1) is 13.9. The van der Waals surface area contributed by atoms with Gasteiger partial charge in [0.05, 0.1) is 43.0 Å². The Kier molecular flexibility index (Phi) is 6.96. The molecule has 0 amide bonds. The van der Waals surface area contributed by atoms with Gasteiger partial charge in [-0.05, 0) is 30.2 Å². The number of hydrogen-bond donors (Lipinski definition) is 0. The van der Waals surface area contributed by atoms with Crippen molar-refractivity contribution in [2.24, 2.45) is 0 Å². The molecule has 0 aliphatic carbocycles. The van der Waals surface area contributed by atoms with E-state index in [9.17, 15) is 13.7 Å². The van der Waals surface area contributed by atoms with Crippen LogP contribution in [-0.2, 0) is 21.3 Å². The Morgan fingerprint density at radius 2 is 1.97 bits per heavy atom. The first-order valence-electron chi connectivity index (χ1n) is 9.42. The van der Waals surface area contributed by atoms with Crippen molar-refractivity contribution >= 4 is 33.1 Å². The number of halogens is 1. The summed E-state index contributed by atoms with van der Waals surface area (Å²) in [5, 5.41) is 10.2. The second-order valence-corrected chi connectivity index (χ2v) is 9.17. The predicted octanol–water partition coefficient (Wildman–Crippen LogP) is 3.19. The number of pyridine rings is 1. The van der Waals surface area contributed by atoms with Crippen LogP contribution in [0.25, 0.3) is 0 Å². The van der Waals surface area contributed by atoms with E-state index in [0.29, 0.717) is 54.8 Å². The first kappa shape index (κ1) is 21.4. The van der Waals surface area contributed by atoms with Crippen LogP contribution in [0.1, 0.15) is 24.5 Å². The molecule has 1 aromatic heterocycles. The lowest BCUT2D eigenvalue weighted by molar-refractivity contribution is 0.122. The third-order valence-corrected chi connectivity index (χ3v) is 6.80. The van der Waals surface area contributed by atoms with Crippen molar-refractivity contribution in [2.75, 3.05) is 41.3 Å². The molecule has 29 heavy (non-hydrogen) atoms. The zero-order chi connectivity index (χ0) is 20.9. The summed E-state index contributed by atoms with van der Waals surface area (Å²) in [7, 11) is -3.58. The lowest BCUT2D eigenvalue weighted by Gasteiger charge is -2.29. The quantitative estimate of drug-likeness (QED) is 0.665. The largest absolute Gasteiger partial charge is 0.378 e. The number of morpholine rings is 1. The Morgan fingerprint density at radius 3 is 2.59 bits per heavy atom. The van der Waals surface area contributed by atoms with E-state index >= 15 is 0 Å². The maximum atomic E-state index is 13.0. The predicted molar refractivity (Wildman–Crippen MR) is 114 cm³/mol. The highest BCUT2D eigenvalue weighted by Crippen LogP contribution is 2.27. The Bertz CT molecular complexity index is 984. The molecule has 0 radical (unpaired) electrons. The third-order valence-electron chi connectivity index (χ3n) is 4.61. The van der Waals surface area contributed by atoms with Crippen molar-refractivity contribution < 1.29 is 13.2 Å². The standard InChI is InChI=1S/C20H23ClN4O3S/c1-2-11-29(26,27)25(15-16-3-5-18(21)6-4-16)19-12-17(13-22)20(23-14-19)24-7-9-28-10-8-24/h3-6,12,14H,2,7-11,15H2,1H3. The van der Waals surface area contributed by atoms with Crippen LogP contribution >= 0.6 is 11.6 Å². The SMILES string of the molecule is CCCS(=O)(=O)N(Cc1ccc(Cl)cc1)c1cnc(N2CCOCC2)c(C#N)c1. The molecule has 0 unspecified atom stereocenters. The number of sulfonamides is 1. The summed E-state index contributed by atoms with van der Waals surface area (Å²) in [6.07, 6.45) is 2.01. The van der Waals surface area contributed by atoms with Gasteiger partial charge in [-0.1, -0.05) is 30.7 Å². The van der Waals surface area contributed by atoms with E-state index in [-0.39, 0.29) is 12.3 Å². The molecule has 1 aliphatic rings. The van der Waals surface area contributed by atoms with Crippen molar-refractivity contribution in [1.82, 2.24) is 4.98 Å². The van der Waals surface area contributed by atoms with Crippen molar-refractivity contribution in [1.29, 1.82) is 5.26 Å². The van der Waals surface area contributed by atoms with E-state index in [1.165, 1.54) is 10.5 Å². The van der Waals surface area contributed by atoms with Crippen molar-refractivity contribution in [3.05, 3.63) is 52.7 Å². The number of nitrogens with zero attached hydrogens (tertiary/aromatic N) is 4. The second kappa shape index (κ2) is 9.44. The fourth-order valence-corrected chi connectivity index (χ4v) is 4.80. The highest BCUT2D eigenvalue weighted by Gasteiger charge is 2.25. The molecule has 1 aromatic carbocycles. The molecule has 154 valence electrons. The van der Waals surface area contributed by atoms with Crippen molar-refractivity contribution in [2.45, 2.75) is 19.9 Å². The molecule has 2 heterocycles. The van der Waals surface area contributed by atoms with E-state index in [1.807, 2.05) is 11.8 Å². The summed E-state index contributed by atoms with van der Waals surface area (Å²) < 4.78 is 32.6. The highest BCUT2D eigenvalue weighted by atomic mass is 35.5. The van der Waals surface area contributed by atoms with Gasteiger partial charge in [-0.15, -0.1) is 0 Å². The van der Waals surface area contributed by atoms with Crippen LogP contribution in [0.2, 0.25) is 5.02 Å². The van der Waals surface area contributed by atoms with Gasteiger partial charge in [0.25, 0.3) is 0 Å². The van der Waals surface area contributed by atoms with Crippen LogP contribution in [0.5, 0.6) is 0 Å². The molecule has 9 heteroatoms. The lowest BCUT2D eigenvalue weighted by atomic mass is 10.2. The molecular weight excluding hydrogens is 412 g/mol. The molecule has 7 nitrogen and oxygen atoms in total. The zero-order valence-electron chi connectivity index (χ0n) is 16.2. The Morgan fingerprint density at radius 1 is 1.28 bits per heavy atom. The molecule has 0 N–H and O–H groups in total. The second-order valence-electron chi connectivity index (χ2n) is 6.73. The minimum absolute atomic E-state index is 0.00763. The van der Waals surface area contributed by atoms with E-state index < -0.39 is 10.0 Å². The summed E-state index contributed by atoms with van der Waals surface area (Å²) in [6.45, 7) is 4.39. The highest BCUT2D eigenvalue weighted by molar-refractivity contribution is 7.92. The van der Waals surface area contributed by atoms with Gasteiger partial charge >= 0.3 is 0 Å². The zero-order valence-corrected chi connectivity index (χ0v) is 17.8. The molecule has 1 aliphatic heterocycles. The number of hydrogen-bond acceptors (Lipinski definition) is 6. The van der Waals surface area contributed by atoms with Gasteiger partial charge in [0.2, 0.25) is 10.0 Å².